The van der Waals surface area contributed by atoms with Crippen molar-refractivity contribution in [1.29, 1.82) is 0 Å². The van der Waals surface area contributed by atoms with E-state index in [0.717, 1.165) is 17.4 Å². The summed E-state index contributed by atoms with van der Waals surface area (Å²) in [5, 5.41) is 3.20. The molecule has 0 unspecified atom stereocenters. The van der Waals surface area contributed by atoms with Gasteiger partial charge in [0.15, 0.2) is 0 Å². The Labute approximate surface area is 159 Å². The van der Waals surface area contributed by atoms with Gasteiger partial charge in [0, 0.05) is 6.04 Å². The van der Waals surface area contributed by atoms with Gasteiger partial charge in [-0.3, -0.25) is 4.79 Å². The van der Waals surface area contributed by atoms with Gasteiger partial charge in [-0.15, -0.1) is 0 Å². The van der Waals surface area contributed by atoms with Gasteiger partial charge in [0.25, 0.3) is 5.91 Å². The van der Waals surface area contributed by atoms with Crippen LogP contribution in [0.1, 0.15) is 48.5 Å². The summed E-state index contributed by atoms with van der Waals surface area (Å²) in [7, 11) is 0. The zero-order valence-electron chi connectivity index (χ0n) is 15.7. The third-order valence-electron chi connectivity index (χ3n) is 6.23. The molecule has 1 amide bonds. The lowest BCUT2D eigenvalue weighted by Crippen LogP contribution is -2.40. The lowest BCUT2D eigenvalue weighted by Gasteiger charge is -2.28. The van der Waals surface area contributed by atoms with Crippen LogP contribution in [0.5, 0.6) is 5.75 Å². The van der Waals surface area contributed by atoms with Gasteiger partial charge in [-0.25, -0.2) is 4.39 Å². The molecule has 0 saturated heterocycles. The first-order valence-corrected chi connectivity index (χ1v) is 9.87. The molecule has 2 bridgehead atoms. The third kappa shape index (κ3) is 4.00. The molecular formula is C23H26FNO2. The minimum atomic E-state index is -0.270. The highest BCUT2D eigenvalue weighted by Crippen LogP contribution is 2.49. The molecule has 27 heavy (non-hydrogen) atoms. The van der Waals surface area contributed by atoms with E-state index in [1.165, 1.54) is 37.8 Å². The van der Waals surface area contributed by atoms with Gasteiger partial charge in [-0.05, 0) is 73.8 Å². The molecule has 2 aromatic rings. The molecule has 4 heteroatoms. The number of hydrogen-bond donors (Lipinski definition) is 1. The number of carbonyl (C=O) groups is 1. The fourth-order valence-electron chi connectivity index (χ4n) is 4.82. The monoisotopic (exact) mass is 367 g/mol. The Balaban J connectivity index is 1.40. The summed E-state index contributed by atoms with van der Waals surface area (Å²) < 4.78 is 18.9. The van der Waals surface area contributed by atoms with Crippen molar-refractivity contribution in [3.8, 4) is 5.75 Å². The summed E-state index contributed by atoms with van der Waals surface area (Å²) in [4.78, 5) is 12.9. The molecule has 2 aliphatic rings. The van der Waals surface area contributed by atoms with Gasteiger partial charge < -0.3 is 10.1 Å². The Kier molecular flexibility index (Phi) is 5.15. The van der Waals surface area contributed by atoms with Crippen molar-refractivity contribution in [2.24, 2.45) is 17.8 Å². The molecule has 0 radical (unpaired) electrons. The summed E-state index contributed by atoms with van der Waals surface area (Å²) in [6.07, 6.45) is 5.26. The summed E-state index contributed by atoms with van der Waals surface area (Å²) >= 11 is 0. The van der Waals surface area contributed by atoms with Crippen molar-refractivity contribution in [2.75, 3.05) is 0 Å². The minimum Gasteiger partial charge on any atom is -0.488 e. The first-order chi connectivity index (χ1) is 13.1. The number of fused-ring (bicyclic) bond motifs is 2. The molecular weight excluding hydrogens is 341 g/mol. The molecule has 0 aliphatic heterocycles. The third-order valence-corrected chi connectivity index (χ3v) is 6.23. The maximum atomic E-state index is 13.0. The van der Waals surface area contributed by atoms with Crippen LogP contribution in [0.2, 0.25) is 0 Å². The van der Waals surface area contributed by atoms with Crippen LogP contribution in [0.3, 0.4) is 0 Å². The number of halogens is 1. The maximum Gasteiger partial charge on any atom is 0.255 e. The summed E-state index contributed by atoms with van der Waals surface area (Å²) in [6.45, 7) is 2.43. The number of ether oxygens (including phenoxy) is 1. The van der Waals surface area contributed by atoms with Crippen LogP contribution in [0.4, 0.5) is 4.39 Å². The number of carbonyl (C=O) groups excluding carboxylic acids is 1. The molecule has 2 aliphatic carbocycles. The quantitative estimate of drug-likeness (QED) is 0.784. The van der Waals surface area contributed by atoms with Crippen molar-refractivity contribution in [3.63, 3.8) is 0 Å². The van der Waals surface area contributed by atoms with Crippen molar-refractivity contribution in [1.82, 2.24) is 5.32 Å². The predicted octanol–water partition coefficient (Wildman–Crippen LogP) is 4.96. The highest BCUT2D eigenvalue weighted by Gasteiger charge is 2.42. The zero-order chi connectivity index (χ0) is 18.8. The molecule has 0 heterocycles. The highest BCUT2D eigenvalue weighted by molar-refractivity contribution is 5.97. The van der Waals surface area contributed by atoms with Gasteiger partial charge >= 0.3 is 0 Å². The number of rotatable bonds is 6. The van der Waals surface area contributed by atoms with E-state index in [4.69, 9.17) is 4.74 Å². The largest absolute Gasteiger partial charge is 0.488 e. The van der Waals surface area contributed by atoms with Crippen molar-refractivity contribution in [2.45, 2.75) is 45.3 Å². The minimum absolute atomic E-state index is 0.0834. The SMILES string of the molecule is C[C@@H](NC(=O)c1ccccc1OCc1ccc(F)cc1)[C@@H]1C[C@@H]2CC[C@@H]1C2. The fourth-order valence-corrected chi connectivity index (χ4v) is 4.82. The first kappa shape index (κ1) is 18.0. The summed E-state index contributed by atoms with van der Waals surface area (Å²) in [5.74, 6) is 2.44. The van der Waals surface area contributed by atoms with Gasteiger partial charge in [-0.2, -0.15) is 0 Å². The highest BCUT2D eigenvalue weighted by atomic mass is 19.1. The molecule has 142 valence electrons. The van der Waals surface area contributed by atoms with Crippen LogP contribution in [0.25, 0.3) is 0 Å². The standard InChI is InChI=1S/C23H26FNO2/c1-15(21-13-17-6-9-18(21)12-17)25-23(26)20-4-2-3-5-22(20)27-14-16-7-10-19(24)11-8-16/h2-5,7-8,10-11,15,17-18,21H,6,9,12-14H2,1H3,(H,25,26)/t15-,17-,18-,21+/m1/s1. The Bertz CT molecular complexity index is 804. The Morgan fingerprint density at radius 2 is 1.93 bits per heavy atom. The molecule has 2 saturated carbocycles. The van der Waals surface area contributed by atoms with Crippen LogP contribution in [-0.2, 0) is 6.61 Å². The van der Waals surface area contributed by atoms with Crippen molar-refractivity contribution in [3.05, 3.63) is 65.5 Å². The Morgan fingerprint density at radius 1 is 1.15 bits per heavy atom. The molecule has 4 atom stereocenters. The van der Waals surface area contributed by atoms with E-state index in [-0.39, 0.29) is 17.8 Å². The van der Waals surface area contributed by atoms with Crippen LogP contribution in [-0.4, -0.2) is 11.9 Å². The predicted molar refractivity (Wildman–Crippen MR) is 103 cm³/mol. The van der Waals surface area contributed by atoms with Gasteiger partial charge in [0.05, 0.1) is 5.56 Å². The van der Waals surface area contributed by atoms with E-state index in [9.17, 15) is 9.18 Å². The van der Waals surface area contributed by atoms with Gasteiger partial charge in [0.1, 0.15) is 18.2 Å². The number of amides is 1. The van der Waals surface area contributed by atoms with E-state index in [1.54, 1.807) is 24.3 Å². The van der Waals surface area contributed by atoms with Crippen molar-refractivity contribution >= 4 is 5.91 Å². The second-order valence-corrected chi connectivity index (χ2v) is 8.01. The summed E-state index contributed by atoms with van der Waals surface area (Å²) in [5.41, 5.74) is 1.41. The topological polar surface area (TPSA) is 38.3 Å². The van der Waals surface area contributed by atoms with E-state index in [1.807, 2.05) is 12.1 Å². The van der Waals surface area contributed by atoms with Crippen LogP contribution in [0, 0.1) is 23.6 Å². The molecule has 1 N–H and O–H groups in total. The molecule has 0 spiro atoms. The zero-order valence-corrected chi connectivity index (χ0v) is 15.7. The molecule has 2 fully saturated rings. The molecule has 0 aromatic heterocycles. The van der Waals surface area contributed by atoms with E-state index in [0.29, 0.717) is 23.8 Å². The van der Waals surface area contributed by atoms with Gasteiger partial charge in [0.2, 0.25) is 0 Å². The second kappa shape index (κ2) is 7.71. The van der Waals surface area contributed by atoms with E-state index in [2.05, 4.69) is 12.2 Å². The maximum absolute atomic E-state index is 13.0. The number of hydrogen-bond acceptors (Lipinski definition) is 2. The molecule has 3 nitrogen and oxygen atoms in total. The fraction of sp³-hybridized carbons (Fsp3) is 0.435. The second-order valence-electron chi connectivity index (χ2n) is 8.01. The normalized spacial score (nSPS) is 24.6. The van der Waals surface area contributed by atoms with Crippen LogP contribution >= 0.6 is 0 Å². The number of nitrogens with one attached hydrogen (secondary N) is 1. The number of benzene rings is 2. The molecule has 4 rings (SSSR count). The van der Waals surface area contributed by atoms with Crippen molar-refractivity contribution < 1.29 is 13.9 Å². The smallest absolute Gasteiger partial charge is 0.255 e. The van der Waals surface area contributed by atoms with Crippen LogP contribution in [0.15, 0.2) is 48.5 Å². The average molecular weight is 367 g/mol. The number of para-hydroxylation sites is 1. The Hall–Kier alpha value is -2.36. The van der Waals surface area contributed by atoms with E-state index >= 15 is 0 Å². The van der Waals surface area contributed by atoms with E-state index < -0.39 is 0 Å². The first-order valence-electron chi connectivity index (χ1n) is 9.87. The van der Waals surface area contributed by atoms with Crippen LogP contribution < -0.4 is 10.1 Å². The summed E-state index contributed by atoms with van der Waals surface area (Å²) in [6, 6.07) is 13.7. The molecule has 2 aromatic carbocycles. The Morgan fingerprint density at radius 3 is 2.63 bits per heavy atom. The average Bonchev–Trinajstić information content (AvgIpc) is 3.31. The lowest BCUT2D eigenvalue weighted by atomic mass is 9.84. The lowest BCUT2D eigenvalue weighted by molar-refractivity contribution is 0.0910. The van der Waals surface area contributed by atoms with Gasteiger partial charge in [-0.1, -0.05) is 30.7 Å².